The summed E-state index contributed by atoms with van der Waals surface area (Å²) in [5, 5.41) is 0. The van der Waals surface area contributed by atoms with Gasteiger partial charge in [0.2, 0.25) is 0 Å². The van der Waals surface area contributed by atoms with Gasteiger partial charge in [-0.3, -0.25) is 4.90 Å². The van der Waals surface area contributed by atoms with Gasteiger partial charge in [-0.2, -0.15) is 0 Å². The second-order valence-corrected chi connectivity index (χ2v) is 6.07. The molecule has 5 nitrogen and oxygen atoms in total. The lowest BCUT2D eigenvalue weighted by molar-refractivity contribution is -0.0250. The molecule has 1 fully saturated rings. The zero-order valence-electron chi connectivity index (χ0n) is 13.6. The Labute approximate surface area is 141 Å². The summed E-state index contributed by atoms with van der Waals surface area (Å²) < 4.78 is 10.8. The quantitative estimate of drug-likeness (QED) is 0.812. The molecule has 0 spiro atoms. The van der Waals surface area contributed by atoms with Crippen molar-refractivity contribution in [3.05, 3.63) is 59.7 Å². The van der Waals surface area contributed by atoms with Crippen LogP contribution in [-0.2, 0) is 4.74 Å². The van der Waals surface area contributed by atoms with Crippen LogP contribution in [-0.4, -0.2) is 44.2 Å². The number of hydrogen-bond donors (Lipinski definition) is 0. The summed E-state index contributed by atoms with van der Waals surface area (Å²) in [5.41, 5.74) is 2.87. The van der Waals surface area contributed by atoms with Crippen molar-refractivity contribution in [3.8, 4) is 5.75 Å². The molecule has 5 heteroatoms. The zero-order valence-corrected chi connectivity index (χ0v) is 13.6. The standard InChI is InChI=1S/C19H20N2O3/c1-23-15-8-6-14(7-9-15)20-10-12-21(13-11-20)18-16-4-2-3-5-17(16)19(22)24-18/h2-9,18H,10-13H2,1H3. The molecule has 0 aromatic heterocycles. The number of methoxy groups -OCH3 is 1. The number of hydrogen-bond acceptors (Lipinski definition) is 5. The molecule has 2 aliphatic heterocycles. The number of esters is 1. The average Bonchev–Trinajstić information content (AvgIpc) is 2.99. The normalized spacial score (nSPS) is 20.6. The highest BCUT2D eigenvalue weighted by molar-refractivity contribution is 5.93. The lowest BCUT2D eigenvalue weighted by atomic mass is 10.1. The van der Waals surface area contributed by atoms with Gasteiger partial charge in [-0.1, -0.05) is 18.2 Å². The third-order valence-electron chi connectivity index (χ3n) is 4.75. The monoisotopic (exact) mass is 324 g/mol. The van der Waals surface area contributed by atoms with Crippen molar-refractivity contribution < 1.29 is 14.3 Å². The van der Waals surface area contributed by atoms with Crippen LogP contribution in [0, 0.1) is 0 Å². The fourth-order valence-electron chi connectivity index (χ4n) is 3.41. The van der Waals surface area contributed by atoms with Crippen molar-refractivity contribution in [2.45, 2.75) is 6.23 Å². The number of benzene rings is 2. The average molecular weight is 324 g/mol. The highest BCUT2D eigenvalue weighted by Crippen LogP contribution is 2.34. The number of cyclic esters (lactones) is 1. The second kappa shape index (κ2) is 6.17. The summed E-state index contributed by atoms with van der Waals surface area (Å²) in [6.07, 6.45) is -0.244. The van der Waals surface area contributed by atoms with Crippen molar-refractivity contribution >= 4 is 11.7 Å². The van der Waals surface area contributed by atoms with Crippen molar-refractivity contribution in [3.63, 3.8) is 0 Å². The van der Waals surface area contributed by atoms with Crippen LogP contribution in [0.4, 0.5) is 5.69 Å². The number of anilines is 1. The van der Waals surface area contributed by atoms with E-state index in [1.165, 1.54) is 5.69 Å². The van der Waals surface area contributed by atoms with Gasteiger partial charge >= 0.3 is 5.97 Å². The molecule has 2 aromatic carbocycles. The molecule has 0 amide bonds. The minimum absolute atomic E-state index is 0.215. The molecular formula is C19H20N2O3. The van der Waals surface area contributed by atoms with Crippen LogP contribution in [0.5, 0.6) is 5.75 Å². The third kappa shape index (κ3) is 2.61. The van der Waals surface area contributed by atoms with E-state index in [2.05, 4.69) is 21.9 Å². The molecule has 0 bridgehead atoms. The van der Waals surface area contributed by atoms with Crippen molar-refractivity contribution in [2.75, 3.05) is 38.2 Å². The fourth-order valence-corrected chi connectivity index (χ4v) is 3.41. The van der Waals surface area contributed by atoms with Crippen LogP contribution in [0.1, 0.15) is 22.1 Å². The van der Waals surface area contributed by atoms with Gasteiger partial charge in [0.15, 0.2) is 6.23 Å². The Balaban J connectivity index is 1.44. The summed E-state index contributed by atoms with van der Waals surface area (Å²) in [4.78, 5) is 16.6. The van der Waals surface area contributed by atoms with E-state index < -0.39 is 0 Å². The van der Waals surface area contributed by atoms with E-state index in [1.54, 1.807) is 7.11 Å². The molecule has 1 unspecified atom stereocenters. The lowest BCUT2D eigenvalue weighted by Gasteiger charge is -2.38. The van der Waals surface area contributed by atoms with Gasteiger partial charge < -0.3 is 14.4 Å². The SMILES string of the molecule is COc1ccc(N2CCN(C3OC(=O)c4ccccc43)CC2)cc1. The summed E-state index contributed by atoms with van der Waals surface area (Å²) in [7, 11) is 1.68. The Kier molecular flexibility index (Phi) is 3.86. The van der Waals surface area contributed by atoms with Crippen LogP contribution in [0.3, 0.4) is 0 Å². The van der Waals surface area contributed by atoms with Crippen LogP contribution in [0.2, 0.25) is 0 Å². The molecule has 2 aromatic rings. The lowest BCUT2D eigenvalue weighted by Crippen LogP contribution is -2.47. The first-order chi connectivity index (χ1) is 11.8. The number of ether oxygens (including phenoxy) is 2. The summed E-state index contributed by atoms with van der Waals surface area (Å²) in [6, 6.07) is 15.8. The molecule has 124 valence electrons. The number of carbonyl (C=O) groups excluding carboxylic acids is 1. The van der Waals surface area contributed by atoms with Gasteiger partial charge in [0.25, 0.3) is 0 Å². The van der Waals surface area contributed by atoms with E-state index >= 15 is 0 Å². The number of nitrogens with zero attached hydrogens (tertiary/aromatic N) is 2. The number of rotatable bonds is 3. The first-order valence-electron chi connectivity index (χ1n) is 8.19. The smallest absolute Gasteiger partial charge is 0.340 e. The van der Waals surface area contributed by atoms with Crippen LogP contribution in [0.25, 0.3) is 0 Å². The van der Waals surface area contributed by atoms with Gasteiger partial charge in [-0.15, -0.1) is 0 Å². The van der Waals surface area contributed by atoms with Crippen LogP contribution >= 0.6 is 0 Å². The van der Waals surface area contributed by atoms with Gasteiger partial charge in [0, 0.05) is 37.4 Å². The van der Waals surface area contributed by atoms with Gasteiger partial charge in [-0.05, 0) is 30.3 Å². The molecule has 4 rings (SSSR count). The molecule has 0 radical (unpaired) electrons. The number of fused-ring (bicyclic) bond motifs is 1. The first-order valence-corrected chi connectivity index (χ1v) is 8.19. The first kappa shape index (κ1) is 15.0. The highest BCUT2D eigenvalue weighted by atomic mass is 16.6. The third-order valence-corrected chi connectivity index (χ3v) is 4.75. The number of carbonyl (C=O) groups is 1. The topological polar surface area (TPSA) is 42.0 Å². The molecule has 0 N–H and O–H groups in total. The summed E-state index contributed by atoms with van der Waals surface area (Å²) in [5.74, 6) is 0.653. The maximum Gasteiger partial charge on any atom is 0.340 e. The van der Waals surface area contributed by atoms with E-state index in [-0.39, 0.29) is 12.2 Å². The zero-order chi connectivity index (χ0) is 16.5. The van der Waals surface area contributed by atoms with E-state index in [1.807, 2.05) is 36.4 Å². The van der Waals surface area contributed by atoms with E-state index in [0.29, 0.717) is 5.56 Å². The van der Waals surface area contributed by atoms with Crippen molar-refractivity contribution in [2.24, 2.45) is 0 Å². The highest BCUT2D eigenvalue weighted by Gasteiger charge is 2.36. The van der Waals surface area contributed by atoms with Crippen LogP contribution < -0.4 is 9.64 Å². The minimum atomic E-state index is -0.244. The summed E-state index contributed by atoms with van der Waals surface area (Å²) >= 11 is 0. The van der Waals surface area contributed by atoms with E-state index in [0.717, 1.165) is 37.5 Å². The largest absolute Gasteiger partial charge is 0.497 e. The predicted molar refractivity (Wildman–Crippen MR) is 91.4 cm³/mol. The molecule has 1 atom stereocenters. The molecule has 2 heterocycles. The Morgan fingerprint density at radius 1 is 1.00 bits per heavy atom. The minimum Gasteiger partial charge on any atom is -0.497 e. The maximum absolute atomic E-state index is 12.0. The van der Waals surface area contributed by atoms with Gasteiger partial charge in [0.05, 0.1) is 12.7 Å². The molecule has 1 saturated heterocycles. The van der Waals surface area contributed by atoms with Crippen molar-refractivity contribution in [1.29, 1.82) is 0 Å². The van der Waals surface area contributed by atoms with E-state index in [9.17, 15) is 4.79 Å². The molecule has 2 aliphatic rings. The molecule has 24 heavy (non-hydrogen) atoms. The Bertz CT molecular complexity index is 737. The van der Waals surface area contributed by atoms with Crippen LogP contribution in [0.15, 0.2) is 48.5 Å². The van der Waals surface area contributed by atoms with Crippen molar-refractivity contribution in [1.82, 2.24) is 4.90 Å². The predicted octanol–water partition coefficient (Wildman–Crippen LogP) is 2.69. The molecule has 0 aliphatic carbocycles. The Morgan fingerprint density at radius 3 is 2.42 bits per heavy atom. The Morgan fingerprint density at radius 2 is 1.71 bits per heavy atom. The second-order valence-electron chi connectivity index (χ2n) is 6.07. The maximum atomic E-state index is 12.0. The number of piperazine rings is 1. The fraction of sp³-hybridized carbons (Fsp3) is 0.316. The van der Waals surface area contributed by atoms with Gasteiger partial charge in [0.1, 0.15) is 5.75 Å². The Hall–Kier alpha value is -2.53. The summed E-state index contributed by atoms with van der Waals surface area (Å²) in [6.45, 7) is 3.53. The molecular weight excluding hydrogens is 304 g/mol. The van der Waals surface area contributed by atoms with Gasteiger partial charge in [-0.25, -0.2) is 4.79 Å². The van der Waals surface area contributed by atoms with E-state index in [4.69, 9.17) is 9.47 Å². The molecule has 0 saturated carbocycles.